The van der Waals surface area contributed by atoms with Crippen molar-refractivity contribution < 1.29 is 9.59 Å². The summed E-state index contributed by atoms with van der Waals surface area (Å²) in [5.41, 5.74) is 5.12. The van der Waals surface area contributed by atoms with Gasteiger partial charge >= 0.3 is 6.03 Å². The van der Waals surface area contributed by atoms with E-state index in [9.17, 15) is 9.59 Å². The molecule has 0 saturated carbocycles. The molecule has 7 nitrogen and oxygen atoms in total. The maximum atomic E-state index is 12.1. The van der Waals surface area contributed by atoms with Crippen molar-refractivity contribution in [1.82, 2.24) is 20.2 Å². The van der Waals surface area contributed by atoms with Crippen LogP contribution in [0.15, 0.2) is 12.4 Å². The number of carbonyl (C=O) groups excluding carboxylic acids is 2. The van der Waals surface area contributed by atoms with Crippen molar-refractivity contribution in [3.8, 4) is 0 Å². The lowest BCUT2D eigenvalue weighted by atomic mass is 9.99. The summed E-state index contributed by atoms with van der Waals surface area (Å²) in [6.45, 7) is 3.67. The minimum Gasteiger partial charge on any atom is -0.382 e. The van der Waals surface area contributed by atoms with Crippen LogP contribution in [0.4, 0.5) is 10.6 Å². The van der Waals surface area contributed by atoms with Gasteiger partial charge in [0, 0.05) is 0 Å². The molecule has 0 aliphatic carbocycles. The molecule has 18 heavy (non-hydrogen) atoms. The van der Waals surface area contributed by atoms with Crippen molar-refractivity contribution >= 4 is 17.8 Å². The zero-order valence-electron chi connectivity index (χ0n) is 10.3. The topological polar surface area (TPSA) is 101 Å². The van der Waals surface area contributed by atoms with Gasteiger partial charge in [-0.1, -0.05) is 6.92 Å². The van der Waals surface area contributed by atoms with Gasteiger partial charge in [0.25, 0.3) is 5.91 Å². The van der Waals surface area contributed by atoms with Crippen molar-refractivity contribution in [2.45, 2.75) is 32.4 Å². The quantitative estimate of drug-likeness (QED) is 0.749. The van der Waals surface area contributed by atoms with Gasteiger partial charge < -0.3 is 11.1 Å². The second-order valence-corrected chi connectivity index (χ2v) is 4.44. The molecule has 3 amide bonds. The first kappa shape index (κ1) is 12.3. The third kappa shape index (κ3) is 1.99. The van der Waals surface area contributed by atoms with Gasteiger partial charge in [0.15, 0.2) is 0 Å². The van der Waals surface area contributed by atoms with E-state index in [2.05, 4.69) is 15.3 Å². The molecule has 1 aromatic heterocycles. The summed E-state index contributed by atoms with van der Waals surface area (Å²) in [5, 5.41) is 2.68. The molecule has 1 aliphatic rings. The van der Waals surface area contributed by atoms with Crippen molar-refractivity contribution in [2.75, 3.05) is 5.73 Å². The summed E-state index contributed by atoms with van der Waals surface area (Å²) in [5.74, 6) is 0.0583. The average Bonchev–Trinajstić information content (AvgIpc) is 2.56. The van der Waals surface area contributed by atoms with Crippen LogP contribution in [0, 0.1) is 0 Å². The van der Waals surface area contributed by atoms with E-state index in [-0.39, 0.29) is 12.5 Å². The molecule has 96 valence electrons. The van der Waals surface area contributed by atoms with Crippen LogP contribution in [0.1, 0.15) is 26.0 Å². The summed E-state index contributed by atoms with van der Waals surface area (Å²) in [6, 6.07) is -0.400. The molecule has 0 radical (unpaired) electrons. The number of hydrogen-bond donors (Lipinski definition) is 2. The number of nitrogens with two attached hydrogens (primary N) is 1. The highest BCUT2D eigenvalue weighted by molar-refractivity contribution is 6.06. The van der Waals surface area contributed by atoms with Crippen molar-refractivity contribution in [1.29, 1.82) is 0 Å². The Kier molecular flexibility index (Phi) is 2.90. The van der Waals surface area contributed by atoms with Crippen LogP contribution in [0.3, 0.4) is 0 Å². The minimum absolute atomic E-state index is 0.105. The molecule has 1 fully saturated rings. The first-order chi connectivity index (χ1) is 8.46. The molecule has 1 aromatic rings. The zero-order valence-corrected chi connectivity index (χ0v) is 10.3. The zero-order chi connectivity index (χ0) is 13.3. The van der Waals surface area contributed by atoms with E-state index in [1.165, 1.54) is 12.4 Å². The molecule has 0 bridgehead atoms. The fourth-order valence-electron chi connectivity index (χ4n) is 1.74. The number of imide groups is 1. The van der Waals surface area contributed by atoms with Crippen LogP contribution in [-0.4, -0.2) is 32.3 Å². The second kappa shape index (κ2) is 4.25. The Balaban J connectivity index is 2.17. The fourth-order valence-corrected chi connectivity index (χ4v) is 1.74. The predicted octanol–water partition coefficient (Wildman–Crippen LogP) is 0.279. The van der Waals surface area contributed by atoms with Crippen LogP contribution in [0.2, 0.25) is 0 Å². The first-order valence-electron chi connectivity index (χ1n) is 5.67. The van der Waals surface area contributed by atoms with Gasteiger partial charge in [-0.3, -0.25) is 14.7 Å². The van der Waals surface area contributed by atoms with E-state index in [4.69, 9.17) is 5.73 Å². The molecule has 1 unspecified atom stereocenters. The van der Waals surface area contributed by atoms with Crippen LogP contribution in [-0.2, 0) is 11.3 Å². The molecule has 1 aliphatic heterocycles. The first-order valence-corrected chi connectivity index (χ1v) is 5.67. The van der Waals surface area contributed by atoms with Crippen molar-refractivity contribution in [3.05, 3.63) is 18.1 Å². The Morgan fingerprint density at radius 2 is 2.11 bits per heavy atom. The summed E-state index contributed by atoms with van der Waals surface area (Å²) in [7, 11) is 0. The Morgan fingerprint density at radius 3 is 2.61 bits per heavy atom. The van der Waals surface area contributed by atoms with Gasteiger partial charge in [0.2, 0.25) is 0 Å². The van der Waals surface area contributed by atoms with Gasteiger partial charge in [0.05, 0.1) is 24.6 Å². The lowest BCUT2D eigenvalue weighted by Gasteiger charge is -2.19. The van der Waals surface area contributed by atoms with Crippen LogP contribution in [0.25, 0.3) is 0 Å². The average molecular weight is 249 g/mol. The summed E-state index contributed by atoms with van der Waals surface area (Å²) < 4.78 is 0. The number of nitrogens with zero attached hydrogens (tertiary/aromatic N) is 3. The van der Waals surface area contributed by atoms with E-state index in [0.29, 0.717) is 17.9 Å². The van der Waals surface area contributed by atoms with Gasteiger partial charge in [-0.25, -0.2) is 9.78 Å². The Bertz CT molecular complexity index is 487. The molecular weight excluding hydrogens is 234 g/mol. The lowest BCUT2D eigenvalue weighted by molar-refractivity contribution is -0.131. The Hall–Kier alpha value is -2.18. The number of anilines is 1. The van der Waals surface area contributed by atoms with Crippen LogP contribution >= 0.6 is 0 Å². The largest absolute Gasteiger partial charge is 0.382 e. The van der Waals surface area contributed by atoms with E-state index in [0.717, 1.165) is 4.90 Å². The normalized spacial score (nSPS) is 23.3. The second-order valence-electron chi connectivity index (χ2n) is 4.44. The van der Waals surface area contributed by atoms with E-state index < -0.39 is 11.6 Å². The maximum Gasteiger partial charge on any atom is 0.325 e. The molecular formula is C11H15N5O2. The highest BCUT2D eigenvalue weighted by Crippen LogP contribution is 2.22. The van der Waals surface area contributed by atoms with Crippen molar-refractivity contribution in [2.24, 2.45) is 0 Å². The van der Waals surface area contributed by atoms with E-state index >= 15 is 0 Å². The standard InChI is InChI=1S/C11H15N5O2/c1-3-11(2)9(17)16(10(18)15-11)6-7-4-14-8(12)5-13-7/h4-5H,3,6H2,1-2H3,(H2,12,14)(H,15,18). The van der Waals surface area contributed by atoms with E-state index in [1.54, 1.807) is 6.92 Å². The Morgan fingerprint density at radius 1 is 1.39 bits per heavy atom. The number of hydrogen-bond acceptors (Lipinski definition) is 5. The number of rotatable bonds is 3. The third-order valence-corrected chi connectivity index (χ3v) is 3.10. The fraction of sp³-hybridized carbons (Fsp3) is 0.455. The SMILES string of the molecule is CCC1(C)NC(=O)N(Cc2cnc(N)cn2)C1=O. The summed E-state index contributed by atoms with van der Waals surface area (Å²) >= 11 is 0. The van der Waals surface area contributed by atoms with Gasteiger partial charge in [-0.05, 0) is 13.3 Å². The smallest absolute Gasteiger partial charge is 0.325 e. The highest BCUT2D eigenvalue weighted by atomic mass is 16.2. The molecule has 7 heteroatoms. The highest BCUT2D eigenvalue weighted by Gasteiger charge is 2.46. The summed E-state index contributed by atoms with van der Waals surface area (Å²) in [4.78, 5) is 32.9. The molecule has 3 N–H and O–H groups in total. The van der Waals surface area contributed by atoms with Gasteiger partial charge in [-0.2, -0.15) is 0 Å². The van der Waals surface area contributed by atoms with Crippen molar-refractivity contribution in [3.63, 3.8) is 0 Å². The Labute approximate surface area is 104 Å². The molecule has 1 atom stereocenters. The number of nitrogen functional groups attached to an aromatic ring is 1. The van der Waals surface area contributed by atoms with Gasteiger partial charge in [-0.15, -0.1) is 0 Å². The number of nitrogens with one attached hydrogen (secondary N) is 1. The minimum atomic E-state index is -0.821. The number of carbonyl (C=O) groups is 2. The molecule has 1 saturated heterocycles. The van der Waals surface area contributed by atoms with Crippen LogP contribution in [0.5, 0.6) is 0 Å². The number of amides is 3. The number of urea groups is 1. The lowest BCUT2D eigenvalue weighted by Crippen LogP contribution is -2.43. The molecule has 0 aromatic carbocycles. The van der Waals surface area contributed by atoms with Crippen LogP contribution < -0.4 is 11.1 Å². The summed E-state index contributed by atoms with van der Waals surface area (Å²) in [6.07, 6.45) is 3.39. The van der Waals surface area contributed by atoms with Gasteiger partial charge in [0.1, 0.15) is 11.4 Å². The maximum absolute atomic E-state index is 12.1. The molecule has 0 spiro atoms. The molecule has 2 rings (SSSR count). The molecule has 2 heterocycles. The predicted molar refractivity (Wildman–Crippen MR) is 64.2 cm³/mol. The van der Waals surface area contributed by atoms with E-state index in [1.807, 2.05) is 6.92 Å². The number of aromatic nitrogens is 2. The monoisotopic (exact) mass is 249 g/mol. The third-order valence-electron chi connectivity index (χ3n) is 3.10.